The van der Waals surface area contributed by atoms with Crippen LogP contribution in [0.2, 0.25) is 0 Å². The third kappa shape index (κ3) is 0.980. The number of benzene rings is 2. The fraction of sp³-hybridized carbons (Fsp3) is 0.0588. The quantitative estimate of drug-likeness (QED) is 0.622. The van der Waals surface area contributed by atoms with Gasteiger partial charge in [-0.3, -0.25) is 0 Å². The lowest BCUT2D eigenvalue weighted by Gasteiger charge is -2.22. The zero-order valence-electron chi connectivity index (χ0n) is 9.43. The molecule has 2 aliphatic rings. The van der Waals surface area contributed by atoms with Crippen LogP contribution in [0.25, 0.3) is 11.1 Å². The van der Waals surface area contributed by atoms with Crippen LogP contribution in [0, 0.1) is 0 Å². The van der Waals surface area contributed by atoms with Crippen LogP contribution in [0.3, 0.4) is 0 Å². The number of hydrogen-bond acceptors (Lipinski definition) is 0. The van der Waals surface area contributed by atoms with Crippen molar-refractivity contribution in [2.75, 3.05) is 0 Å². The predicted octanol–water partition coefficient (Wildman–Crippen LogP) is 4.08. The molecule has 0 radical (unpaired) electrons. The fourth-order valence-electron chi connectivity index (χ4n) is 3.13. The number of fused-ring (bicyclic) bond motifs is 5. The molecule has 0 heteroatoms. The molecule has 0 bridgehead atoms. The first-order chi connectivity index (χ1) is 8.42. The zero-order valence-corrected chi connectivity index (χ0v) is 9.43. The molecule has 0 atom stereocenters. The molecule has 0 aliphatic heterocycles. The molecule has 17 heavy (non-hydrogen) atoms. The summed E-state index contributed by atoms with van der Waals surface area (Å²) in [5.41, 5.74) is 5.56. The van der Waals surface area contributed by atoms with E-state index in [1.807, 2.05) is 0 Å². The first kappa shape index (κ1) is 9.00. The van der Waals surface area contributed by atoms with Crippen LogP contribution < -0.4 is 0 Å². The molecule has 2 aromatic carbocycles. The maximum Gasteiger partial charge on any atom is 0.0580 e. The van der Waals surface area contributed by atoms with Crippen LogP contribution in [0.4, 0.5) is 0 Å². The Morgan fingerprint density at radius 3 is 1.59 bits per heavy atom. The van der Waals surface area contributed by atoms with Crippen molar-refractivity contribution < 1.29 is 0 Å². The number of rotatable bonds is 0. The molecule has 0 heterocycles. The zero-order chi connectivity index (χ0) is 11.3. The third-order valence-corrected chi connectivity index (χ3v) is 3.86. The summed E-state index contributed by atoms with van der Waals surface area (Å²) in [5, 5.41) is 0. The first-order valence-corrected chi connectivity index (χ1v) is 5.98. The van der Waals surface area contributed by atoms with Crippen molar-refractivity contribution in [1.29, 1.82) is 0 Å². The summed E-state index contributed by atoms with van der Waals surface area (Å²) in [5.74, 6) is 0. The molecule has 0 unspecified atom stereocenters. The monoisotopic (exact) mass is 216 g/mol. The van der Waals surface area contributed by atoms with Crippen molar-refractivity contribution >= 4 is 0 Å². The fourth-order valence-corrected chi connectivity index (χ4v) is 3.13. The minimum atomic E-state index is -0.00676. The Morgan fingerprint density at radius 2 is 1.06 bits per heavy atom. The molecule has 0 aromatic heterocycles. The predicted molar refractivity (Wildman–Crippen MR) is 70.9 cm³/mol. The van der Waals surface area contributed by atoms with E-state index in [1.54, 1.807) is 0 Å². The minimum Gasteiger partial charge on any atom is -0.0658 e. The van der Waals surface area contributed by atoms with Gasteiger partial charge in [0.2, 0.25) is 0 Å². The van der Waals surface area contributed by atoms with Crippen LogP contribution in [-0.2, 0) is 5.41 Å². The van der Waals surface area contributed by atoms with Crippen molar-refractivity contribution in [2.45, 2.75) is 5.41 Å². The van der Waals surface area contributed by atoms with Gasteiger partial charge in [-0.05, 0) is 22.3 Å². The molecular weight excluding hydrogens is 204 g/mol. The molecule has 2 aliphatic carbocycles. The molecule has 80 valence electrons. The van der Waals surface area contributed by atoms with Crippen LogP contribution in [0.1, 0.15) is 11.1 Å². The Bertz CT molecular complexity index is 600. The van der Waals surface area contributed by atoms with Crippen molar-refractivity contribution in [3.05, 3.63) is 84.0 Å². The average molecular weight is 216 g/mol. The highest BCUT2D eigenvalue weighted by Gasteiger charge is 2.39. The summed E-state index contributed by atoms with van der Waals surface area (Å²) >= 11 is 0. The molecule has 0 fully saturated rings. The Balaban J connectivity index is 2.17. The summed E-state index contributed by atoms with van der Waals surface area (Å²) in [6, 6.07) is 17.4. The highest BCUT2D eigenvalue weighted by atomic mass is 14.4. The van der Waals surface area contributed by atoms with Crippen LogP contribution in [0.15, 0.2) is 72.8 Å². The van der Waals surface area contributed by atoms with Crippen LogP contribution >= 0.6 is 0 Å². The standard InChI is InChI=1S/C17H12/c1-3-9-15-13(7-1)14-8-2-4-10-16(14)17(15)11-5-6-12-17/h1-12H. The summed E-state index contributed by atoms with van der Waals surface area (Å²) in [6.07, 6.45) is 8.91. The SMILES string of the molecule is C1=CC2(C=C1)c1ccccc1-c1ccccc12. The van der Waals surface area contributed by atoms with Gasteiger partial charge in [0.1, 0.15) is 0 Å². The van der Waals surface area contributed by atoms with Gasteiger partial charge in [0.15, 0.2) is 0 Å². The lowest BCUT2D eigenvalue weighted by atomic mass is 9.80. The first-order valence-electron chi connectivity index (χ1n) is 5.98. The molecule has 2 aromatic rings. The Hall–Kier alpha value is -2.08. The van der Waals surface area contributed by atoms with Gasteiger partial charge in [0.25, 0.3) is 0 Å². The number of hydrogen-bond donors (Lipinski definition) is 0. The summed E-state index contributed by atoms with van der Waals surface area (Å²) in [4.78, 5) is 0. The molecular formula is C17H12. The van der Waals surface area contributed by atoms with Gasteiger partial charge >= 0.3 is 0 Å². The Kier molecular flexibility index (Phi) is 1.58. The maximum atomic E-state index is 2.30. The van der Waals surface area contributed by atoms with E-state index < -0.39 is 0 Å². The van der Waals surface area contributed by atoms with Gasteiger partial charge in [-0.25, -0.2) is 0 Å². The lowest BCUT2D eigenvalue weighted by Crippen LogP contribution is -2.16. The summed E-state index contributed by atoms with van der Waals surface area (Å²) in [7, 11) is 0. The molecule has 1 spiro atoms. The Morgan fingerprint density at radius 1 is 0.588 bits per heavy atom. The van der Waals surface area contributed by atoms with E-state index >= 15 is 0 Å². The lowest BCUT2D eigenvalue weighted by molar-refractivity contribution is 0.859. The van der Waals surface area contributed by atoms with E-state index in [-0.39, 0.29) is 5.41 Å². The highest BCUT2D eigenvalue weighted by molar-refractivity contribution is 5.84. The van der Waals surface area contributed by atoms with Crippen molar-refractivity contribution in [3.63, 3.8) is 0 Å². The number of allylic oxidation sites excluding steroid dienone is 4. The topological polar surface area (TPSA) is 0 Å². The van der Waals surface area contributed by atoms with Crippen molar-refractivity contribution in [3.8, 4) is 11.1 Å². The van der Waals surface area contributed by atoms with E-state index in [0.717, 1.165) is 0 Å². The van der Waals surface area contributed by atoms with Gasteiger partial charge in [-0.1, -0.05) is 72.8 Å². The highest BCUT2D eigenvalue weighted by Crippen LogP contribution is 2.51. The van der Waals surface area contributed by atoms with Gasteiger partial charge in [0, 0.05) is 0 Å². The molecule has 0 nitrogen and oxygen atoms in total. The maximum absolute atomic E-state index is 2.30. The second-order valence-electron chi connectivity index (χ2n) is 4.68. The Labute approximate surface area is 101 Å². The van der Waals surface area contributed by atoms with Crippen molar-refractivity contribution in [2.24, 2.45) is 0 Å². The van der Waals surface area contributed by atoms with Crippen molar-refractivity contribution in [1.82, 2.24) is 0 Å². The molecule has 0 N–H and O–H groups in total. The summed E-state index contributed by atoms with van der Waals surface area (Å²) in [6.45, 7) is 0. The van der Waals surface area contributed by atoms with Gasteiger partial charge < -0.3 is 0 Å². The largest absolute Gasteiger partial charge is 0.0658 e. The molecule has 4 rings (SSSR count). The molecule has 0 saturated heterocycles. The average Bonchev–Trinajstić information content (AvgIpc) is 2.98. The normalized spacial score (nSPS) is 17.4. The van der Waals surface area contributed by atoms with Crippen LogP contribution in [-0.4, -0.2) is 0 Å². The minimum absolute atomic E-state index is 0.00676. The van der Waals surface area contributed by atoms with Gasteiger partial charge in [0.05, 0.1) is 5.41 Å². The van der Waals surface area contributed by atoms with E-state index in [2.05, 4.69) is 72.8 Å². The molecule has 0 saturated carbocycles. The smallest absolute Gasteiger partial charge is 0.0580 e. The third-order valence-electron chi connectivity index (χ3n) is 3.86. The van der Waals surface area contributed by atoms with Gasteiger partial charge in [-0.15, -0.1) is 0 Å². The van der Waals surface area contributed by atoms with Gasteiger partial charge in [-0.2, -0.15) is 0 Å². The van der Waals surface area contributed by atoms with E-state index in [1.165, 1.54) is 22.3 Å². The second kappa shape index (κ2) is 2.98. The van der Waals surface area contributed by atoms with Crippen LogP contribution in [0.5, 0.6) is 0 Å². The van der Waals surface area contributed by atoms with E-state index in [4.69, 9.17) is 0 Å². The van der Waals surface area contributed by atoms with E-state index in [0.29, 0.717) is 0 Å². The van der Waals surface area contributed by atoms with E-state index in [9.17, 15) is 0 Å². The second-order valence-corrected chi connectivity index (χ2v) is 4.68. The summed E-state index contributed by atoms with van der Waals surface area (Å²) < 4.78 is 0. The molecule has 0 amide bonds.